The molecule has 0 saturated heterocycles. The first-order valence-corrected chi connectivity index (χ1v) is 11.5. The molecule has 0 atom stereocenters. The van der Waals surface area contributed by atoms with Crippen molar-refractivity contribution in [3.8, 4) is 0 Å². The second-order valence-electron chi connectivity index (χ2n) is 7.20. The van der Waals surface area contributed by atoms with Crippen LogP contribution >= 0.6 is 11.6 Å². The third kappa shape index (κ3) is 3.80. The second-order valence-corrected chi connectivity index (χ2v) is 9.47. The molecule has 4 rings (SSSR count). The van der Waals surface area contributed by atoms with E-state index in [4.69, 9.17) is 11.6 Å². The lowest BCUT2D eigenvalue weighted by molar-refractivity contribution is 0.102. The number of carbonyl (C=O) groups excluding carboxylic acids is 1. The molecule has 0 aliphatic carbocycles. The monoisotopic (exact) mass is 440 g/mol. The molecule has 3 aromatic carbocycles. The van der Waals surface area contributed by atoms with E-state index in [1.165, 1.54) is 4.31 Å². The maximum absolute atomic E-state index is 13.1. The zero-order valence-corrected chi connectivity index (χ0v) is 18.0. The Kier molecular flexibility index (Phi) is 5.54. The first-order chi connectivity index (χ1) is 14.4. The third-order valence-corrected chi connectivity index (χ3v) is 7.50. The quantitative estimate of drug-likeness (QED) is 0.617. The van der Waals surface area contributed by atoms with E-state index < -0.39 is 10.0 Å². The highest BCUT2D eigenvalue weighted by Crippen LogP contribution is 2.33. The minimum absolute atomic E-state index is 0.258. The van der Waals surface area contributed by atoms with Gasteiger partial charge in [-0.15, -0.1) is 0 Å². The molecule has 1 amide bonds. The van der Waals surface area contributed by atoms with Crippen LogP contribution in [0, 0.1) is 6.92 Å². The SMILES string of the molecule is Cc1c(Cl)cccc1NC(=O)c1ccc2c(c1)CCCN2S(=O)(=O)c1ccccc1. The summed E-state index contributed by atoms with van der Waals surface area (Å²) in [7, 11) is -3.65. The first kappa shape index (κ1) is 20.4. The zero-order valence-electron chi connectivity index (χ0n) is 16.4. The van der Waals surface area contributed by atoms with Gasteiger partial charge in [0.15, 0.2) is 0 Å². The van der Waals surface area contributed by atoms with Gasteiger partial charge in [-0.1, -0.05) is 35.9 Å². The Labute approximate surface area is 181 Å². The lowest BCUT2D eigenvalue weighted by Gasteiger charge is -2.30. The summed E-state index contributed by atoms with van der Waals surface area (Å²) in [6.07, 6.45) is 1.41. The van der Waals surface area contributed by atoms with Gasteiger partial charge in [0.1, 0.15) is 0 Å². The van der Waals surface area contributed by atoms with Gasteiger partial charge in [0.05, 0.1) is 10.6 Å². The summed E-state index contributed by atoms with van der Waals surface area (Å²) in [6.45, 7) is 2.26. The Hall–Kier alpha value is -2.83. The number of anilines is 2. The number of nitrogens with zero attached hydrogens (tertiary/aromatic N) is 1. The fourth-order valence-electron chi connectivity index (χ4n) is 3.61. The fraction of sp³-hybridized carbons (Fsp3) is 0.174. The average Bonchev–Trinajstić information content (AvgIpc) is 2.76. The molecule has 1 N–H and O–H groups in total. The normalized spacial score (nSPS) is 13.6. The molecule has 0 radical (unpaired) electrons. The van der Waals surface area contributed by atoms with E-state index in [9.17, 15) is 13.2 Å². The minimum atomic E-state index is -3.65. The molecule has 7 heteroatoms. The van der Waals surface area contributed by atoms with Crippen LogP contribution in [0.5, 0.6) is 0 Å². The third-order valence-electron chi connectivity index (χ3n) is 5.26. The summed E-state index contributed by atoms with van der Waals surface area (Å²) < 4.78 is 27.7. The largest absolute Gasteiger partial charge is 0.322 e. The smallest absolute Gasteiger partial charge is 0.264 e. The summed E-state index contributed by atoms with van der Waals surface area (Å²) in [5, 5.41) is 3.47. The summed E-state index contributed by atoms with van der Waals surface area (Å²) in [4.78, 5) is 13.0. The summed E-state index contributed by atoms with van der Waals surface area (Å²) in [5.41, 5.74) is 3.40. The van der Waals surface area contributed by atoms with Gasteiger partial charge >= 0.3 is 0 Å². The molecule has 0 unspecified atom stereocenters. The standard InChI is InChI=1S/C23H21ClN2O3S/c1-16-20(24)10-5-11-21(16)25-23(27)18-12-13-22-17(15-18)7-6-14-26(22)30(28,29)19-8-3-2-4-9-19/h2-5,8-13,15H,6-7,14H2,1H3,(H,25,27). The molecule has 0 fully saturated rings. The zero-order chi connectivity index (χ0) is 21.3. The average molecular weight is 441 g/mol. The molecular weight excluding hydrogens is 420 g/mol. The number of sulfonamides is 1. The minimum Gasteiger partial charge on any atom is -0.322 e. The number of amides is 1. The molecule has 30 heavy (non-hydrogen) atoms. The van der Waals surface area contributed by atoms with Crippen LogP contribution in [0.3, 0.4) is 0 Å². The van der Waals surface area contributed by atoms with Crippen molar-refractivity contribution in [3.63, 3.8) is 0 Å². The molecule has 1 aliphatic heterocycles. The molecule has 5 nitrogen and oxygen atoms in total. The van der Waals surface area contributed by atoms with Crippen LogP contribution in [0.4, 0.5) is 11.4 Å². The van der Waals surface area contributed by atoms with E-state index in [1.54, 1.807) is 66.7 Å². The van der Waals surface area contributed by atoms with Gasteiger partial charge < -0.3 is 5.32 Å². The number of benzene rings is 3. The molecule has 0 aromatic heterocycles. The molecule has 1 heterocycles. The van der Waals surface area contributed by atoms with Gasteiger partial charge in [0.25, 0.3) is 15.9 Å². The maximum atomic E-state index is 13.1. The number of aryl methyl sites for hydroxylation is 1. The van der Waals surface area contributed by atoms with Crippen molar-refractivity contribution in [1.29, 1.82) is 0 Å². The predicted molar refractivity (Wildman–Crippen MR) is 120 cm³/mol. The topological polar surface area (TPSA) is 66.5 Å². The number of halogens is 1. The second kappa shape index (κ2) is 8.13. The number of carbonyl (C=O) groups is 1. The van der Waals surface area contributed by atoms with Crippen molar-refractivity contribution in [1.82, 2.24) is 0 Å². The molecule has 0 saturated carbocycles. The van der Waals surface area contributed by atoms with E-state index >= 15 is 0 Å². The van der Waals surface area contributed by atoms with Crippen molar-refractivity contribution in [2.24, 2.45) is 0 Å². The van der Waals surface area contributed by atoms with E-state index in [0.29, 0.717) is 41.3 Å². The Morgan fingerprint density at radius 2 is 1.80 bits per heavy atom. The van der Waals surface area contributed by atoms with Crippen LogP contribution in [-0.4, -0.2) is 20.9 Å². The van der Waals surface area contributed by atoms with Crippen LogP contribution in [0.1, 0.15) is 27.9 Å². The molecule has 0 spiro atoms. The molecular formula is C23H21ClN2O3S. The number of fused-ring (bicyclic) bond motifs is 1. The van der Waals surface area contributed by atoms with Crippen molar-refractivity contribution < 1.29 is 13.2 Å². The van der Waals surface area contributed by atoms with Gasteiger partial charge in [0.2, 0.25) is 0 Å². The van der Waals surface area contributed by atoms with Gasteiger partial charge in [0, 0.05) is 22.8 Å². The molecule has 154 valence electrons. The van der Waals surface area contributed by atoms with Crippen LogP contribution < -0.4 is 9.62 Å². The first-order valence-electron chi connectivity index (χ1n) is 9.65. The van der Waals surface area contributed by atoms with Crippen molar-refractivity contribution in [2.75, 3.05) is 16.2 Å². The number of hydrogen-bond donors (Lipinski definition) is 1. The highest BCUT2D eigenvalue weighted by molar-refractivity contribution is 7.92. The molecule has 3 aromatic rings. The Bertz CT molecular complexity index is 1210. The number of rotatable bonds is 4. The van der Waals surface area contributed by atoms with Crippen LogP contribution in [0.15, 0.2) is 71.6 Å². The summed E-state index contributed by atoms with van der Waals surface area (Å²) >= 11 is 6.13. The van der Waals surface area contributed by atoms with Crippen molar-refractivity contribution >= 4 is 38.9 Å². The number of nitrogens with one attached hydrogen (secondary N) is 1. The van der Waals surface area contributed by atoms with Crippen LogP contribution in [0.25, 0.3) is 0 Å². The lowest BCUT2D eigenvalue weighted by Crippen LogP contribution is -2.35. The lowest BCUT2D eigenvalue weighted by atomic mass is 10.0. The van der Waals surface area contributed by atoms with Crippen molar-refractivity contribution in [3.05, 3.63) is 88.4 Å². The molecule has 0 bridgehead atoms. The highest BCUT2D eigenvalue weighted by Gasteiger charge is 2.29. The van der Waals surface area contributed by atoms with Crippen LogP contribution in [-0.2, 0) is 16.4 Å². The van der Waals surface area contributed by atoms with Gasteiger partial charge in [-0.25, -0.2) is 8.42 Å². The molecule has 1 aliphatic rings. The van der Waals surface area contributed by atoms with E-state index in [0.717, 1.165) is 11.1 Å². The van der Waals surface area contributed by atoms with Crippen molar-refractivity contribution in [2.45, 2.75) is 24.7 Å². The summed E-state index contributed by atoms with van der Waals surface area (Å²) in [5.74, 6) is -0.258. The van der Waals surface area contributed by atoms with E-state index in [-0.39, 0.29) is 10.8 Å². The van der Waals surface area contributed by atoms with E-state index in [2.05, 4.69) is 5.32 Å². The van der Waals surface area contributed by atoms with Gasteiger partial charge in [-0.2, -0.15) is 0 Å². The Morgan fingerprint density at radius 1 is 1.03 bits per heavy atom. The predicted octanol–water partition coefficient (Wildman–Crippen LogP) is 5.04. The number of hydrogen-bond acceptors (Lipinski definition) is 3. The highest BCUT2D eigenvalue weighted by atomic mass is 35.5. The van der Waals surface area contributed by atoms with Gasteiger partial charge in [-0.05, 0) is 73.4 Å². The maximum Gasteiger partial charge on any atom is 0.264 e. The van der Waals surface area contributed by atoms with Gasteiger partial charge in [-0.3, -0.25) is 9.10 Å². The summed E-state index contributed by atoms with van der Waals surface area (Å²) in [6, 6.07) is 18.9. The Balaban J connectivity index is 1.64. The van der Waals surface area contributed by atoms with E-state index in [1.807, 2.05) is 6.92 Å². The fourth-order valence-corrected chi connectivity index (χ4v) is 5.35. The Morgan fingerprint density at radius 3 is 2.57 bits per heavy atom. The van der Waals surface area contributed by atoms with Crippen LogP contribution in [0.2, 0.25) is 5.02 Å².